The summed E-state index contributed by atoms with van der Waals surface area (Å²) in [4.78, 5) is 11.3. The van der Waals surface area contributed by atoms with Gasteiger partial charge in [0, 0.05) is 5.56 Å². The van der Waals surface area contributed by atoms with Crippen molar-refractivity contribution in [2.45, 2.75) is 6.54 Å². The van der Waals surface area contributed by atoms with Crippen LogP contribution in [0.25, 0.3) is 22.0 Å². The maximum atomic E-state index is 11.3. The smallest absolute Gasteiger partial charge is 0.156 e. The van der Waals surface area contributed by atoms with Crippen molar-refractivity contribution in [3.8, 4) is 11.3 Å². The fraction of sp³-hybridized carbons (Fsp3) is 0.0588. The summed E-state index contributed by atoms with van der Waals surface area (Å²) in [5.74, 6) is 0.369. The first kappa shape index (κ1) is 13.1. The van der Waals surface area contributed by atoms with Crippen LogP contribution in [-0.4, -0.2) is 16.1 Å². The van der Waals surface area contributed by atoms with Gasteiger partial charge in [-0.2, -0.15) is 5.10 Å². The van der Waals surface area contributed by atoms with Crippen LogP contribution in [0.1, 0.15) is 10.4 Å². The maximum absolute atomic E-state index is 11.3. The lowest BCUT2D eigenvalue weighted by molar-refractivity contribution is 0.112. The number of rotatable bonds is 4. The summed E-state index contributed by atoms with van der Waals surface area (Å²) in [6, 6.07) is 14.0. The third kappa shape index (κ3) is 2.21. The molecule has 21 heavy (non-hydrogen) atoms. The molecule has 3 aromatic rings. The van der Waals surface area contributed by atoms with Gasteiger partial charge in [-0.3, -0.25) is 4.79 Å². The monoisotopic (exact) mass is 277 g/mol. The molecular weight excluding hydrogens is 262 g/mol. The molecule has 0 saturated heterocycles. The molecule has 0 spiro atoms. The number of carbonyl (C=O) groups excluding carboxylic acids is 1. The number of anilines is 1. The van der Waals surface area contributed by atoms with Gasteiger partial charge in [0.05, 0.1) is 12.1 Å². The molecule has 0 saturated carbocycles. The van der Waals surface area contributed by atoms with E-state index in [2.05, 4.69) is 11.7 Å². The molecule has 0 atom stereocenters. The number of hydrogen-bond donors (Lipinski definition) is 1. The third-order valence-corrected chi connectivity index (χ3v) is 3.47. The number of allylic oxidation sites excluding steroid dienone is 1. The van der Waals surface area contributed by atoms with Crippen molar-refractivity contribution in [1.29, 1.82) is 0 Å². The number of nitrogens with zero attached hydrogens (tertiary/aromatic N) is 2. The van der Waals surface area contributed by atoms with E-state index in [1.165, 1.54) is 0 Å². The highest BCUT2D eigenvalue weighted by Gasteiger charge is 2.16. The van der Waals surface area contributed by atoms with Crippen LogP contribution in [0, 0.1) is 0 Å². The molecule has 0 fully saturated rings. The molecule has 0 bridgehead atoms. The van der Waals surface area contributed by atoms with Gasteiger partial charge in [0.25, 0.3) is 0 Å². The van der Waals surface area contributed by atoms with Crippen LogP contribution < -0.4 is 5.73 Å². The number of carbonyl (C=O) groups is 1. The first-order chi connectivity index (χ1) is 10.2. The molecule has 0 aliphatic carbocycles. The summed E-state index contributed by atoms with van der Waals surface area (Å²) >= 11 is 0. The Morgan fingerprint density at radius 2 is 1.95 bits per heavy atom. The SMILES string of the molecule is C=CCn1nc(-c2ccc3ccccc3c2)c(C=O)c1N. The molecule has 0 aliphatic rings. The second-order valence-electron chi connectivity index (χ2n) is 4.80. The zero-order valence-electron chi connectivity index (χ0n) is 11.5. The van der Waals surface area contributed by atoms with Gasteiger partial charge >= 0.3 is 0 Å². The summed E-state index contributed by atoms with van der Waals surface area (Å²) in [5, 5.41) is 6.68. The Morgan fingerprint density at radius 3 is 2.67 bits per heavy atom. The molecule has 4 nitrogen and oxygen atoms in total. The molecule has 104 valence electrons. The van der Waals surface area contributed by atoms with Gasteiger partial charge in [-0.25, -0.2) is 4.68 Å². The van der Waals surface area contributed by atoms with Crippen molar-refractivity contribution in [3.05, 3.63) is 60.7 Å². The fourth-order valence-electron chi connectivity index (χ4n) is 2.42. The zero-order chi connectivity index (χ0) is 14.8. The highest BCUT2D eigenvalue weighted by atomic mass is 16.1. The van der Waals surface area contributed by atoms with Gasteiger partial charge in [-0.1, -0.05) is 42.5 Å². The van der Waals surface area contributed by atoms with E-state index in [-0.39, 0.29) is 0 Å². The topological polar surface area (TPSA) is 60.9 Å². The van der Waals surface area contributed by atoms with Crippen LogP contribution in [0.5, 0.6) is 0 Å². The summed E-state index contributed by atoms with van der Waals surface area (Å²) in [7, 11) is 0. The lowest BCUT2D eigenvalue weighted by atomic mass is 10.0. The Kier molecular flexibility index (Phi) is 3.28. The van der Waals surface area contributed by atoms with Gasteiger partial charge in [0.2, 0.25) is 0 Å². The van der Waals surface area contributed by atoms with E-state index in [1.807, 2.05) is 42.5 Å². The quantitative estimate of drug-likeness (QED) is 0.588. The molecule has 0 unspecified atom stereocenters. The van der Waals surface area contributed by atoms with Crippen LogP contribution in [0.2, 0.25) is 0 Å². The van der Waals surface area contributed by atoms with Crippen molar-refractivity contribution >= 4 is 22.9 Å². The number of aromatic nitrogens is 2. The molecule has 4 heteroatoms. The van der Waals surface area contributed by atoms with E-state index in [4.69, 9.17) is 5.73 Å². The molecular formula is C17H15N3O. The van der Waals surface area contributed by atoms with E-state index in [1.54, 1.807) is 10.8 Å². The number of hydrogen-bond acceptors (Lipinski definition) is 3. The van der Waals surface area contributed by atoms with E-state index in [9.17, 15) is 4.79 Å². The lowest BCUT2D eigenvalue weighted by Crippen LogP contribution is -2.03. The average molecular weight is 277 g/mol. The maximum Gasteiger partial charge on any atom is 0.156 e. The van der Waals surface area contributed by atoms with Crippen LogP contribution in [0.3, 0.4) is 0 Å². The fourth-order valence-corrected chi connectivity index (χ4v) is 2.42. The van der Waals surface area contributed by atoms with Crippen LogP contribution in [0.15, 0.2) is 55.1 Å². The standard InChI is InChI=1S/C17H15N3O/c1-2-9-20-17(18)15(11-21)16(19-20)14-8-7-12-5-3-4-6-13(12)10-14/h2-8,10-11H,1,9,18H2. The predicted octanol–water partition coefficient (Wildman–Crippen LogP) is 3.28. The van der Waals surface area contributed by atoms with Crippen molar-refractivity contribution in [1.82, 2.24) is 9.78 Å². The first-order valence-electron chi connectivity index (χ1n) is 6.66. The number of aldehydes is 1. The normalized spacial score (nSPS) is 10.7. The molecule has 1 heterocycles. The van der Waals surface area contributed by atoms with E-state index in [0.717, 1.165) is 22.6 Å². The van der Waals surface area contributed by atoms with Crippen LogP contribution in [-0.2, 0) is 6.54 Å². The molecule has 0 aliphatic heterocycles. The molecule has 0 amide bonds. The summed E-state index contributed by atoms with van der Waals surface area (Å²) < 4.78 is 1.58. The van der Waals surface area contributed by atoms with Gasteiger partial charge in [-0.15, -0.1) is 6.58 Å². The minimum Gasteiger partial charge on any atom is -0.383 e. The molecule has 2 aromatic carbocycles. The molecule has 0 radical (unpaired) electrons. The minimum atomic E-state index is 0.369. The Bertz CT molecular complexity index is 833. The second kappa shape index (κ2) is 5.25. The highest BCUT2D eigenvalue weighted by molar-refractivity contribution is 5.94. The summed E-state index contributed by atoms with van der Waals surface area (Å²) in [6.45, 7) is 4.14. The number of nitrogens with two attached hydrogens (primary N) is 1. The van der Waals surface area contributed by atoms with Gasteiger partial charge < -0.3 is 5.73 Å². The molecule has 2 N–H and O–H groups in total. The molecule has 3 rings (SSSR count). The van der Waals surface area contributed by atoms with Gasteiger partial charge in [-0.05, 0) is 16.8 Å². The van der Waals surface area contributed by atoms with Crippen LogP contribution in [0.4, 0.5) is 5.82 Å². The Hall–Kier alpha value is -2.88. The molecule has 1 aromatic heterocycles. The van der Waals surface area contributed by atoms with E-state index >= 15 is 0 Å². The van der Waals surface area contributed by atoms with Crippen molar-refractivity contribution in [2.24, 2.45) is 0 Å². The van der Waals surface area contributed by atoms with Crippen LogP contribution >= 0.6 is 0 Å². The lowest BCUT2D eigenvalue weighted by Gasteiger charge is -2.01. The van der Waals surface area contributed by atoms with Crippen molar-refractivity contribution in [2.75, 3.05) is 5.73 Å². The zero-order valence-corrected chi connectivity index (χ0v) is 11.5. The average Bonchev–Trinajstić information content (AvgIpc) is 2.83. The highest BCUT2D eigenvalue weighted by Crippen LogP contribution is 2.28. The second-order valence-corrected chi connectivity index (χ2v) is 4.80. The van der Waals surface area contributed by atoms with Crippen molar-refractivity contribution in [3.63, 3.8) is 0 Å². The third-order valence-electron chi connectivity index (χ3n) is 3.47. The number of benzene rings is 2. The minimum absolute atomic E-state index is 0.369. The number of fused-ring (bicyclic) bond motifs is 1. The van der Waals surface area contributed by atoms with E-state index < -0.39 is 0 Å². The first-order valence-corrected chi connectivity index (χ1v) is 6.66. The van der Waals surface area contributed by atoms with E-state index in [0.29, 0.717) is 23.6 Å². The Balaban J connectivity index is 2.19. The number of nitrogen functional groups attached to an aromatic ring is 1. The Morgan fingerprint density at radius 1 is 1.19 bits per heavy atom. The van der Waals surface area contributed by atoms with Gasteiger partial charge in [0.15, 0.2) is 6.29 Å². The Labute approximate surface area is 122 Å². The van der Waals surface area contributed by atoms with Gasteiger partial charge in [0.1, 0.15) is 11.5 Å². The summed E-state index contributed by atoms with van der Waals surface area (Å²) in [6.07, 6.45) is 2.45. The van der Waals surface area contributed by atoms with Crippen molar-refractivity contribution < 1.29 is 4.79 Å². The largest absolute Gasteiger partial charge is 0.383 e. The summed E-state index contributed by atoms with van der Waals surface area (Å²) in [5.41, 5.74) is 7.88. The predicted molar refractivity (Wildman–Crippen MR) is 85.2 cm³/mol.